The van der Waals surface area contributed by atoms with Crippen molar-refractivity contribution in [3.05, 3.63) is 41.3 Å². The molecule has 0 aliphatic carbocycles. The van der Waals surface area contributed by atoms with Crippen molar-refractivity contribution in [2.45, 2.75) is 20.4 Å². The maximum Gasteiger partial charge on any atom is 0.341 e. The lowest BCUT2D eigenvalue weighted by Gasteiger charge is -2.09. The van der Waals surface area contributed by atoms with Gasteiger partial charge >= 0.3 is 5.97 Å². The van der Waals surface area contributed by atoms with Crippen molar-refractivity contribution >= 4 is 11.8 Å². The van der Waals surface area contributed by atoms with Crippen molar-refractivity contribution in [2.75, 3.05) is 11.9 Å². The van der Waals surface area contributed by atoms with Crippen LogP contribution in [0.2, 0.25) is 0 Å². The molecule has 0 spiro atoms. The molecule has 0 aliphatic heterocycles. The summed E-state index contributed by atoms with van der Waals surface area (Å²) in [4.78, 5) is 16.0. The van der Waals surface area contributed by atoms with Gasteiger partial charge in [-0.2, -0.15) is 5.10 Å². The van der Waals surface area contributed by atoms with Crippen LogP contribution in [0.4, 0.5) is 5.82 Å². The van der Waals surface area contributed by atoms with Gasteiger partial charge in [0.15, 0.2) is 0 Å². The van der Waals surface area contributed by atoms with Crippen LogP contribution in [0.5, 0.6) is 0 Å². The molecule has 0 radical (unpaired) electrons. The van der Waals surface area contributed by atoms with E-state index in [1.807, 2.05) is 18.7 Å². The molecule has 0 bridgehead atoms. The molecule has 0 aliphatic rings. The molecular formula is C14H18N4O2. The molecule has 6 heteroatoms. The molecule has 1 N–H and O–H groups in total. The first-order valence-electron chi connectivity index (χ1n) is 6.47. The Kier molecular flexibility index (Phi) is 4.34. The van der Waals surface area contributed by atoms with Crippen LogP contribution < -0.4 is 5.32 Å². The van der Waals surface area contributed by atoms with Gasteiger partial charge in [-0.3, -0.25) is 4.68 Å². The summed E-state index contributed by atoms with van der Waals surface area (Å²) in [5.41, 5.74) is 2.58. The molecule has 2 rings (SSSR count). The molecule has 0 fully saturated rings. The first-order chi connectivity index (χ1) is 9.63. The number of carbonyl (C=O) groups excluding carboxylic acids is 1. The average molecular weight is 274 g/mol. The van der Waals surface area contributed by atoms with E-state index < -0.39 is 0 Å². The fraction of sp³-hybridized carbons (Fsp3) is 0.357. The Labute approximate surface area is 117 Å². The van der Waals surface area contributed by atoms with Crippen molar-refractivity contribution in [1.82, 2.24) is 14.8 Å². The number of nitrogens with one attached hydrogen (secondary N) is 1. The molecule has 0 atom stereocenters. The quantitative estimate of drug-likeness (QED) is 0.843. The van der Waals surface area contributed by atoms with Crippen LogP contribution in [-0.4, -0.2) is 27.3 Å². The van der Waals surface area contributed by atoms with E-state index in [0.29, 0.717) is 24.5 Å². The summed E-state index contributed by atoms with van der Waals surface area (Å²) < 4.78 is 6.82. The Morgan fingerprint density at radius 2 is 2.30 bits per heavy atom. The summed E-state index contributed by atoms with van der Waals surface area (Å²) in [5.74, 6) is 0.153. The van der Waals surface area contributed by atoms with E-state index >= 15 is 0 Å². The third kappa shape index (κ3) is 2.96. The molecule has 6 nitrogen and oxygen atoms in total. The Morgan fingerprint density at radius 3 is 2.95 bits per heavy atom. The minimum atomic E-state index is -0.369. The number of aromatic nitrogens is 3. The van der Waals surface area contributed by atoms with Gasteiger partial charge in [0, 0.05) is 31.0 Å². The Balaban J connectivity index is 2.13. The highest BCUT2D eigenvalue weighted by Gasteiger charge is 2.13. The second kappa shape index (κ2) is 6.18. The normalized spacial score (nSPS) is 10.3. The van der Waals surface area contributed by atoms with Crippen LogP contribution in [-0.2, 0) is 18.3 Å². The zero-order chi connectivity index (χ0) is 14.5. The molecule has 0 amide bonds. The van der Waals surface area contributed by atoms with Crippen molar-refractivity contribution in [1.29, 1.82) is 0 Å². The number of pyridine rings is 1. The number of hydrogen-bond acceptors (Lipinski definition) is 5. The van der Waals surface area contributed by atoms with E-state index in [0.717, 1.165) is 11.3 Å². The summed E-state index contributed by atoms with van der Waals surface area (Å²) in [6.07, 6.45) is 3.44. The predicted octanol–water partition coefficient (Wildman–Crippen LogP) is 1.91. The third-order valence-electron chi connectivity index (χ3n) is 3.09. The highest BCUT2D eigenvalue weighted by molar-refractivity contribution is 5.94. The molecule has 0 saturated heterocycles. The fourth-order valence-electron chi connectivity index (χ4n) is 1.82. The van der Waals surface area contributed by atoms with Crippen molar-refractivity contribution < 1.29 is 9.53 Å². The van der Waals surface area contributed by atoms with Gasteiger partial charge in [0.25, 0.3) is 0 Å². The van der Waals surface area contributed by atoms with Crippen LogP contribution in [0, 0.1) is 6.92 Å². The molecule has 2 aromatic rings. The molecule has 106 valence electrons. The topological polar surface area (TPSA) is 69.0 Å². The van der Waals surface area contributed by atoms with Crippen LogP contribution in [0.1, 0.15) is 28.5 Å². The Bertz CT molecular complexity index is 607. The van der Waals surface area contributed by atoms with Gasteiger partial charge in [0.2, 0.25) is 0 Å². The Morgan fingerprint density at radius 1 is 1.50 bits per heavy atom. The minimum Gasteiger partial charge on any atom is -0.462 e. The van der Waals surface area contributed by atoms with Gasteiger partial charge in [0.1, 0.15) is 11.4 Å². The van der Waals surface area contributed by atoms with Gasteiger partial charge in [-0.05, 0) is 26.0 Å². The van der Waals surface area contributed by atoms with Crippen LogP contribution in [0.15, 0.2) is 24.5 Å². The summed E-state index contributed by atoms with van der Waals surface area (Å²) in [5, 5.41) is 7.34. The van der Waals surface area contributed by atoms with E-state index in [-0.39, 0.29) is 5.97 Å². The van der Waals surface area contributed by atoms with Crippen molar-refractivity contribution in [3.8, 4) is 0 Å². The van der Waals surface area contributed by atoms with E-state index in [2.05, 4.69) is 15.4 Å². The number of rotatable bonds is 5. The lowest BCUT2D eigenvalue weighted by molar-refractivity contribution is 0.0527. The fourth-order valence-corrected chi connectivity index (χ4v) is 1.82. The van der Waals surface area contributed by atoms with Gasteiger partial charge in [-0.1, -0.05) is 0 Å². The van der Waals surface area contributed by atoms with Crippen molar-refractivity contribution in [2.24, 2.45) is 7.05 Å². The van der Waals surface area contributed by atoms with Gasteiger partial charge in [-0.25, -0.2) is 9.78 Å². The number of carbonyl (C=O) groups is 1. The number of anilines is 1. The van der Waals surface area contributed by atoms with Crippen molar-refractivity contribution in [3.63, 3.8) is 0 Å². The van der Waals surface area contributed by atoms with Crippen LogP contribution >= 0.6 is 0 Å². The lowest BCUT2D eigenvalue weighted by atomic mass is 10.2. The summed E-state index contributed by atoms with van der Waals surface area (Å²) in [7, 11) is 1.89. The van der Waals surface area contributed by atoms with Crippen LogP contribution in [0.25, 0.3) is 0 Å². The summed E-state index contributed by atoms with van der Waals surface area (Å²) in [6.45, 7) is 4.67. The van der Waals surface area contributed by atoms with Gasteiger partial charge in [-0.15, -0.1) is 0 Å². The zero-order valence-electron chi connectivity index (χ0n) is 11.9. The number of aryl methyl sites for hydroxylation is 1. The van der Waals surface area contributed by atoms with Crippen LogP contribution in [0.3, 0.4) is 0 Å². The average Bonchev–Trinajstić information content (AvgIpc) is 2.77. The number of esters is 1. The minimum absolute atomic E-state index is 0.342. The smallest absolute Gasteiger partial charge is 0.341 e. The number of hydrogen-bond donors (Lipinski definition) is 1. The first-order valence-corrected chi connectivity index (χ1v) is 6.47. The molecular weight excluding hydrogens is 256 g/mol. The van der Waals surface area contributed by atoms with E-state index in [4.69, 9.17) is 4.74 Å². The summed E-state index contributed by atoms with van der Waals surface area (Å²) in [6, 6.07) is 3.41. The SMILES string of the molecule is CCOC(=O)c1cccnc1NCc1cnn(C)c1C. The second-order valence-electron chi connectivity index (χ2n) is 4.35. The van der Waals surface area contributed by atoms with Gasteiger partial charge in [0.05, 0.1) is 12.8 Å². The molecule has 2 aromatic heterocycles. The standard InChI is InChI=1S/C14H18N4O2/c1-4-20-14(19)12-6-5-7-15-13(12)16-8-11-9-17-18(3)10(11)2/h5-7,9H,4,8H2,1-3H3,(H,15,16). The molecule has 0 unspecified atom stereocenters. The zero-order valence-corrected chi connectivity index (χ0v) is 11.9. The highest BCUT2D eigenvalue weighted by atomic mass is 16.5. The largest absolute Gasteiger partial charge is 0.462 e. The maximum absolute atomic E-state index is 11.8. The van der Waals surface area contributed by atoms with E-state index in [9.17, 15) is 4.79 Å². The highest BCUT2D eigenvalue weighted by Crippen LogP contribution is 2.15. The number of nitrogens with zero attached hydrogens (tertiary/aromatic N) is 3. The predicted molar refractivity (Wildman–Crippen MR) is 75.5 cm³/mol. The molecule has 0 saturated carbocycles. The number of ether oxygens (including phenoxy) is 1. The maximum atomic E-state index is 11.8. The molecule has 0 aromatic carbocycles. The monoisotopic (exact) mass is 274 g/mol. The lowest BCUT2D eigenvalue weighted by Crippen LogP contribution is -2.11. The molecule has 20 heavy (non-hydrogen) atoms. The van der Waals surface area contributed by atoms with E-state index in [1.54, 1.807) is 31.5 Å². The van der Waals surface area contributed by atoms with E-state index in [1.165, 1.54) is 0 Å². The van der Waals surface area contributed by atoms with Gasteiger partial charge < -0.3 is 10.1 Å². The first kappa shape index (κ1) is 14.0. The second-order valence-corrected chi connectivity index (χ2v) is 4.35. The third-order valence-corrected chi connectivity index (χ3v) is 3.09. The summed E-state index contributed by atoms with van der Waals surface area (Å²) >= 11 is 0. The molecule has 2 heterocycles. The Hall–Kier alpha value is -2.37.